The van der Waals surface area contributed by atoms with E-state index in [2.05, 4.69) is 66.7 Å². The Morgan fingerprint density at radius 2 is 1.14 bits per heavy atom. The van der Waals surface area contributed by atoms with Crippen molar-refractivity contribution < 1.29 is 4.42 Å². The molecular formula is C38H22N4O. The van der Waals surface area contributed by atoms with Gasteiger partial charge < -0.3 is 4.42 Å². The van der Waals surface area contributed by atoms with E-state index in [-0.39, 0.29) is 0 Å². The number of pyridine rings is 1. The fourth-order valence-corrected chi connectivity index (χ4v) is 6.03. The molecule has 0 unspecified atom stereocenters. The maximum Gasteiger partial charge on any atom is 0.227 e. The molecule has 9 aromatic rings. The second-order valence-electron chi connectivity index (χ2n) is 10.7. The summed E-state index contributed by atoms with van der Waals surface area (Å²) in [6.45, 7) is 0. The molecule has 0 bridgehead atoms. The minimum atomic E-state index is 0.587. The third kappa shape index (κ3) is 3.86. The summed E-state index contributed by atoms with van der Waals surface area (Å²) in [5.41, 5.74) is 4.97. The van der Waals surface area contributed by atoms with Crippen LogP contribution in [0.15, 0.2) is 138 Å². The Kier molecular flexibility index (Phi) is 5.13. The van der Waals surface area contributed by atoms with Crippen molar-refractivity contribution >= 4 is 54.5 Å². The average Bonchev–Trinajstić information content (AvgIpc) is 3.44. The Morgan fingerprint density at radius 3 is 2.05 bits per heavy atom. The van der Waals surface area contributed by atoms with Crippen LogP contribution in [-0.4, -0.2) is 19.9 Å². The molecule has 0 aliphatic rings. The van der Waals surface area contributed by atoms with Crippen LogP contribution in [0.4, 0.5) is 0 Å². The van der Waals surface area contributed by atoms with Crippen molar-refractivity contribution in [3.05, 3.63) is 133 Å². The lowest BCUT2D eigenvalue weighted by Gasteiger charge is -2.10. The molecule has 0 radical (unpaired) electrons. The molecule has 0 aliphatic heterocycles. The zero-order chi connectivity index (χ0) is 28.3. The maximum absolute atomic E-state index is 6.25. The molecule has 9 rings (SSSR count). The van der Waals surface area contributed by atoms with Crippen LogP contribution >= 0.6 is 0 Å². The number of aromatic nitrogens is 4. The minimum absolute atomic E-state index is 0.587. The molecule has 5 heteroatoms. The van der Waals surface area contributed by atoms with Crippen LogP contribution in [-0.2, 0) is 0 Å². The Balaban J connectivity index is 1.30. The molecule has 0 fully saturated rings. The van der Waals surface area contributed by atoms with Gasteiger partial charge in [0.15, 0.2) is 17.5 Å². The summed E-state index contributed by atoms with van der Waals surface area (Å²) in [5, 5.41) is 7.72. The van der Waals surface area contributed by atoms with Crippen LogP contribution in [0.25, 0.3) is 88.7 Å². The van der Waals surface area contributed by atoms with E-state index in [0.29, 0.717) is 23.2 Å². The van der Waals surface area contributed by atoms with Gasteiger partial charge >= 0.3 is 0 Å². The number of nitrogens with zero attached hydrogens (tertiary/aromatic N) is 4. The Labute approximate surface area is 246 Å². The summed E-state index contributed by atoms with van der Waals surface area (Å²) >= 11 is 0. The highest BCUT2D eigenvalue weighted by molar-refractivity contribution is 6.13. The first-order valence-electron chi connectivity index (χ1n) is 14.2. The average molecular weight is 551 g/mol. The summed E-state index contributed by atoms with van der Waals surface area (Å²) in [6, 6.07) is 45.5. The minimum Gasteiger partial charge on any atom is -0.438 e. The zero-order valence-corrected chi connectivity index (χ0v) is 22.9. The lowest BCUT2D eigenvalue weighted by molar-refractivity contribution is 0.656. The molecule has 0 amide bonds. The highest BCUT2D eigenvalue weighted by Crippen LogP contribution is 2.37. The topological polar surface area (TPSA) is 64.7 Å². The Bertz CT molecular complexity index is 2520. The highest BCUT2D eigenvalue weighted by Gasteiger charge is 2.19. The number of hydrogen-bond acceptors (Lipinski definition) is 5. The fourth-order valence-electron chi connectivity index (χ4n) is 6.03. The van der Waals surface area contributed by atoms with E-state index in [1.807, 2.05) is 66.7 Å². The monoisotopic (exact) mass is 550 g/mol. The smallest absolute Gasteiger partial charge is 0.227 e. The van der Waals surface area contributed by atoms with E-state index in [0.717, 1.165) is 49.3 Å². The van der Waals surface area contributed by atoms with Crippen molar-refractivity contribution in [2.75, 3.05) is 0 Å². The maximum atomic E-state index is 6.25. The van der Waals surface area contributed by atoms with Crippen molar-refractivity contribution in [3.63, 3.8) is 0 Å². The summed E-state index contributed by atoms with van der Waals surface area (Å²) in [5.74, 6) is 1.82. The first kappa shape index (κ1) is 23.7. The van der Waals surface area contributed by atoms with Gasteiger partial charge in [0, 0.05) is 32.8 Å². The zero-order valence-electron chi connectivity index (χ0n) is 22.9. The number of rotatable bonds is 3. The third-order valence-electron chi connectivity index (χ3n) is 8.10. The predicted octanol–water partition coefficient (Wildman–Crippen LogP) is 9.63. The van der Waals surface area contributed by atoms with Gasteiger partial charge in [-0.2, -0.15) is 0 Å². The van der Waals surface area contributed by atoms with Gasteiger partial charge in [0.05, 0.1) is 5.52 Å². The van der Waals surface area contributed by atoms with Crippen LogP contribution in [0.1, 0.15) is 0 Å². The van der Waals surface area contributed by atoms with E-state index >= 15 is 0 Å². The number of benzene rings is 6. The Morgan fingerprint density at radius 1 is 0.419 bits per heavy atom. The molecular weight excluding hydrogens is 528 g/mol. The fraction of sp³-hybridized carbons (Fsp3) is 0. The number of fused-ring (bicyclic) bond motifs is 7. The van der Waals surface area contributed by atoms with Gasteiger partial charge in [-0.25, -0.2) is 19.9 Å². The first-order valence-corrected chi connectivity index (χ1v) is 14.2. The largest absolute Gasteiger partial charge is 0.438 e. The third-order valence-corrected chi connectivity index (χ3v) is 8.10. The summed E-state index contributed by atoms with van der Waals surface area (Å²) < 4.78 is 6.25. The van der Waals surface area contributed by atoms with Gasteiger partial charge in [0.25, 0.3) is 0 Å². The molecule has 5 nitrogen and oxygen atoms in total. The molecule has 6 aromatic carbocycles. The molecule has 0 spiro atoms. The SMILES string of the molecule is c1ccc(-c2nc(-c3ccc4c(ccc5ccccc54)c3)nc(-c3cccc4oc5nc6ccccc6cc5c34)n2)cc1. The number of furan rings is 1. The molecule has 3 aromatic heterocycles. The van der Waals surface area contributed by atoms with Gasteiger partial charge in [-0.3, -0.25) is 0 Å². The van der Waals surface area contributed by atoms with Crippen molar-refractivity contribution in [2.45, 2.75) is 0 Å². The van der Waals surface area contributed by atoms with Crippen LogP contribution in [0.5, 0.6) is 0 Å². The standard InChI is InChI=1S/C38H22N4O/c1-2-10-24(11-3-1)35-40-36(27-19-20-29-25(21-27)18-17-23-9-4-6-13-28(23)29)42-37(41-35)30-14-8-16-33-34(30)31-22-26-12-5-7-15-32(26)39-38(31)43-33/h1-22H. The molecule has 43 heavy (non-hydrogen) atoms. The van der Waals surface area contributed by atoms with Gasteiger partial charge in [-0.15, -0.1) is 0 Å². The summed E-state index contributed by atoms with van der Waals surface area (Å²) in [6.07, 6.45) is 0. The molecule has 0 atom stereocenters. The molecule has 0 saturated heterocycles. The van der Waals surface area contributed by atoms with Gasteiger partial charge in [0.2, 0.25) is 5.71 Å². The van der Waals surface area contributed by atoms with E-state index < -0.39 is 0 Å². The molecule has 0 aliphatic carbocycles. The van der Waals surface area contributed by atoms with Crippen LogP contribution in [0.2, 0.25) is 0 Å². The van der Waals surface area contributed by atoms with Crippen LogP contribution < -0.4 is 0 Å². The van der Waals surface area contributed by atoms with Crippen molar-refractivity contribution in [2.24, 2.45) is 0 Å². The first-order chi connectivity index (χ1) is 21.3. The highest BCUT2D eigenvalue weighted by atomic mass is 16.3. The summed E-state index contributed by atoms with van der Waals surface area (Å²) in [4.78, 5) is 19.9. The van der Waals surface area contributed by atoms with Gasteiger partial charge in [0.1, 0.15) is 5.58 Å². The van der Waals surface area contributed by atoms with E-state index in [9.17, 15) is 0 Å². The lowest BCUT2D eigenvalue weighted by atomic mass is 10.00. The Hall–Kier alpha value is -5.94. The molecule has 200 valence electrons. The second kappa shape index (κ2) is 9.29. The van der Waals surface area contributed by atoms with E-state index in [1.54, 1.807) is 0 Å². The van der Waals surface area contributed by atoms with Gasteiger partial charge in [-0.05, 0) is 45.8 Å². The lowest BCUT2D eigenvalue weighted by Crippen LogP contribution is -2.00. The predicted molar refractivity (Wildman–Crippen MR) is 174 cm³/mol. The van der Waals surface area contributed by atoms with Crippen molar-refractivity contribution in [3.8, 4) is 34.2 Å². The second-order valence-corrected chi connectivity index (χ2v) is 10.7. The number of hydrogen-bond donors (Lipinski definition) is 0. The van der Waals surface area contributed by atoms with E-state index in [1.165, 1.54) is 16.2 Å². The molecule has 0 saturated carbocycles. The summed E-state index contributed by atoms with van der Waals surface area (Å²) in [7, 11) is 0. The molecule has 3 heterocycles. The van der Waals surface area contributed by atoms with Crippen molar-refractivity contribution in [1.82, 2.24) is 19.9 Å². The quantitative estimate of drug-likeness (QED) is 0.205. The van der Waals surface area contributed by atoms with Crippen LogP contribution in [0.3, 0.4) is 0 Å². The van der Waals surface area contributed by atoms with Crippen LogP contribution in [0, 0.1) is 0 Å². The van der Waals surface area contributed by atoms with E-state index in [4.69, 9.17) is 24.4 Å². The normalized spacial score (nSPS) is 11.7. The van der Waals surface area contributed by atoms with Crippen molar-refractivity contribution in [1.29, 1.82) is 0 Å². The molecule has 0 N–H and O–H groups in total. The van der Waals surface area contributed by atoms with Gasteiger partial charge in [-0.1, -0.05) is 109 Å². The number of para-hydroxylation sites is 1.